The molecule has 0 saturated carbocycles. The molecule has 0 saturated heterocycles. The summed E-state index contributed by atoms with van der Waals surface area (Å²) in [6.07, 6.45) is -0.361. The fourth-order valence-electron chi connectivity index (χ4n) is 1.19. The van der Waals surface area contributed by atoms with E-state index in [0.717, 1.165) is 11.4 Å². The first-order chi connectivity index (χ1) is 5.90. The average Bonchev–Trinajstić information content (AvgIpc) is 2.17. The molecule has 1 aromatic carbocycles. The molecule has 1 aliphatic rings. The second-order valence-electron chi connectivity index (χ2n) is 2.61. The molecular weight excluding hydrogens is 152 g/mol. The Bertz CT molecular complexity index is 330. The number of para-hydroxylation sites is 2. The van der Waals surface area contributed by atoms with Crippen molar-refractivity contribution in [3.63, 3.8) is 0 Å². The monoisotopic (exact) mass is 160 g/mol. The van der Waals surface area contributed by atoms with Crippen molar-refractivity contribution in [2.45, 2.75) is 6.10 Å². The quantitative estimate of drug-likeness (QED) is 0.623. The van der Waals surface area contributed by atoms with Crippen LogP contribution >= 0.6 is 0 Å². The summed E-state index contributed by atoms with van der Waals surface area (Å²) in [5.74, 6) is 0.760. The molecule has 0 fully saturated rings. The molecule has 3 heteroatoms. The normalized spacial score (nSPS) is 19.8. The second-order valence-corrected chi connectivity index (χ2v) is 2.61. The van der Waals surface area contributed by atoms with Gasteiger partial charge in [-0.05, 0) is 12.1 Å². The summed E-state index contributed by atoms with van der Waals surface area (Å²) in [6, 6.07) is 9.67. The van der Waals surface area contributed by atoms with Crippen LogP contribution in [0, 0.1) is 11.3 Å². The summed E-state index contributed by atoms with van der Waals surface area (Å²) in [4.78, 5) is 0. The number of ether oxygens (including phenoxy) is 1. The molecule has 0 amide bonds. The molecule has 0 spiro atoms. The molecule has 0 aromatic heterocycles. The Labute approximate surface area is 70.6 Å². The number of nitrogens with zero attached hydrogens (tertiary/aromatic N) is 1. The topological polar surface area (TPSA) is 45.0 Å². The van der Waals surface area contributed by atoms with E-state index in [1.54, 1.807) is 0 Å². The average molecular weight is 160 g/mol. The van der Waals surface area contributed by atoms with Crippen molar-refractivity contribution < 1.29 is 4.74 Å². The Morgan fingerprint density at radius 3 is 3.17 bits per heavy atom. The molecular formula is C9H8N2O. The van der Waals surface area contributed by atoms with Gasteiger partial charge in [0.05, 0.1) is 12.2 Å². The van der Waals surface area contributed by atoms with E-state index >= 15 is 0 Å². The Morgan fingerprint density at radius 2 is 2.33 bits per heavy atom. The van der Waals surface area contributed by atoms with E-state index < -0.39 is 0 Å². The summed E-state index contributed by atoms with van der Waals surface area (Å²) in [7, 11) is 0. The summed E-state index contributed by atoms with van der Waals surface area (Å²) in [5, 5.41) is 11.7. The van der Waals surface area contributed by atoms with Crippen LogP contribution in [-0.4, -0.2) is 12.6 Å². The lowest BCUT2D eigenvalue weighted by atomic mass is 10.2. The van der Waals surface area contributed by atoms with Crippen molar-refractivity contribution >= 4 is 5.69 Å². The highest BCUT2D eigenvalue weighted by atomic mass is 16.5. The minimum Gasteiger partial charge on any atom is -0.472 e. The minimum atomic E-state index is -0.361. The highest BCUT2D eigenvalue weighted by molar-refractivity contribution is 5.58. The molecule has 12 heavy (non-hydrogen) atoms. The van der Waals surface area contributed by atoms with E-state index in [-0.39, 0.29) is 6.10 Å². The lowest BCUT2D eigenvalue weighted by Gasteiger charge is -2.22. The van der Waals surface area contributed by atoms with Gasteiger partial charge in [-0.1, -0.05) is 12.1 Å². The van der Waals surface area contributed by atoms with Crippen LogP contribution in [0.15, 0.2) is 24.3 Å². The number of anilines is 1. The lowest BCUT2D eigenvalue weighted by Crippen LogP contribution is -2.28. The van der Waals surface area contributed by atoms with Gasteiger partial charge in [-0.25, -0.2) is 0 Å². The molecule has 60 valence electrons. The predicted molar refractivity (Wildman–Crippen MR) is 45.0 cm³/mol. The zero-order chi connectivity index (χ0) is 8.39. The predicted octanol–water partition coefficient (Wildman–Crippen LogP) is 1.38. The third-order valence-electron chi connectivity index (χ3n) is 1.78. The highest BCUT2D eigenvalue weighted by Gasteiger charge is 2.16. The molecule has 1 N–H and O–H groups in total. The highest BCUT2D eigenvalue weighted by Crippen LogP contribution is 2.27. The van der Waals surface area contributed by atoms with Crippen LogP contribution in [0.2, 0.25) is 0 Å². The Hall–Kier alpha value is -1.69. The van der Waals surface area contributed by atoms with Crippen molar-refractivity contribution in [2.24, 2.45) is 0 Å². The SMILES string of the molecule is N#C[C@H]1CNc2ccccc2O1. The van der Waals surface area contributed by atoms with Gasteiger partial charge >= 0.3 is 0 Å². The van der Waals surface area contributed by atoms with Gasteiger partial charge in [0.2, 0.25) is 6.10 Å². The summed E-state index contributed by atoms with van der Waals surface area (Å²) in [6.45, 7) is 0.563. The third kappa shape index (κ3) is 1.08. The number of nitriles is 1. The third-order valence-corrected chi connectivity index (χ3v) is 1.78. The second kappa shape index (κ2) is 2.74. The largest absolute Gasteiger partial charge is 0.472 e. The fourth-order valence-corrected chi connectivity index (χ4v) is 1.19. The molecule has 0 aliphatic carbocycles. The summed E-state index contributed by atoms with van der Waals surface area (Å²) >= 11 is 0. The van der Waals surface area contributed by atoms with Crippen LogP contribution in [0.1, 0.15) is 0 Å². The van der Waals surface area contributed by atoms with Gasteiger partial charge in [0, 0.05) is 0 Å². The molecule has 3 nitrogen and oxygen atoms in total. The Balaban J connectivity index is 2.30. The molecule has 0 radical (unpaired) electrons. The van der Waals surface area contributed by atoms with Crippen molar-refractivity contribution in [2.75, 3.05) is 11.9 Å². The number of fused-ring (bicyclic) bond motifs is 1. The Morgan fingerprint density at radius 1 is 1.50 bits per heavy atom. The Kier molecular flexibility index (Phi) is 1.60. The standard InChI is InChI=1S/C9H8N2O/c10-5-7-6-11-8-3-1-2-4-9(8)12-7/h1-4,7,11H,6H2/t7-/m0/s1. The molecule has 0 unspecified atom stereocenters. The van der Waals surface area contributed by atoms with E-state index in [1.165, 1.54) is 0 Å². The number of rotatable bonds is 0. The molecule has 1 atom stereocenters. The van der Waals surface area contributed by atoms with Crippen molar-refractivity contribution in [3.05, 3.63) is 24.3 Å². The lowest BCUT2D eigenvalue weighted by molar-refractivity contribution is 0.260. The fraction of sp³-hybridized carbons (Fsp3) is 0.222. The van der Waals surface area contributed by atoms with Gasteiger partial charge in [-0.2, -0.15) is 5.26 Å². The first kappa shape index (κ1) is 6.99. The van der Waals surface area contributed by atoms with Crippen molar-refractivity contribution in [1.82, 2.24) is 0 Å². The van der Waals surface area contributed by atoms with E-state index in [0.29, 0.717) is 6.54 Å². The molecule has 1 aromatic rings. The smallest absolute Gasteiger partial charge is 0.201 e. The maximum Gasteiger partial charge on any atom is 0.201 e. The number of benzene rings is 1. The van der Waals surface area contributed by atoms with Gasteiger partial charge in [0.15, 0.2) is 0 Å². The van der Waals surface area contributed by atoms with E-state index in [2.05, 4.69) is 11.4 Å². The maximum absolute atomic E-state index is 8.60. The van der Waals surface area contributed by atoms with E-state index in [9.17, 15) is 0 Å². The van der Waals surface area contributed by atoms with Crippen LogP contribution in [-0.2, 0) is 0 Å². The minimum absolute atomic E-state index is 0.361. The van der Waals surface area contributed by atoms with Gasteiger partial charge in [-0.15, -0.1) is 0 Å². The number of hydrogen-bond donors (Lipinski definition) is 1. The number of nitrogens with one attached hydrogen (secondary N) is 1. The molecule has 1 aliphatic heterocycles. The zero-order valence-electron chi connectivity index (χ0n) is 6.45. The molecule has 0 bridgehead atoms. The van der Waals surface area contributed by atoms with Gasteiger partial charge < -0.3 is 10.1 Å². The van der Waals surface area contributed by atoms with Crippen LogP contribution in [0.4, 0.5) is 5.69 Å². The van der Waals surface area contributed by atoms with E-state index in [4.69, 9.17) is 10.00 Å². The summed E-state index contributed by atoms with van der Waals surface area (Å²) < 4.78 is 5.36. The molecule has 2 rings (SSSR count). The van der Waals surface area contributed by atoms with Crippen LogP contribution in [0.25, 0.3) is 0 Å². The number of hydrogen-bond acceptors (Lipinski definition) is 3. The maximum atomic E-state index is 8.60. The first-order valence-corrected chi connectivity index (χ1v) is 3.79. The van der Waals surface area contributed by atoms with Gasteiger partial charge in [0.25, 0.3) is 0 Å². The van der Waals surface area contributed by atoms with Crippen molar-refractivity contribution in [1.29, 1.82) is 5.26 Å². The van der Waals surface area contributed by atoms with E-state index in [1.807, 2.05) is 24.3 Å². The van der Waals surface area contributed by atoms with Gasteiger partial charge in [0.1, 0.15) is 11.8 Å². The van der Waals surface area contributed by atoms with Crippen molar-refractivity contribution in [3.8, 4) is 11.8 Å². The van der Waals surface area contributed by atoms with Gasteiger partial charge in [-0.3, -0.25) is 0 Å². The summed E-state index contributed by atoms with van der Waals surface area (Å²) in [5.41, 5.74) is 0.962. The van der Waals surface area contributed by atoms with Crippen LogP contribution < -0.4 is 10.1 Å². The first-order valence-electron chi connectivity index (χ1n) is 3.79. The molecule has 1 heterocycles. The van der Waals surface area contributed by atoms with Crippen LogP contribution in [0.5, 0.6) is 5.75 Å². The van der Waals surface area contributed by atoms with Crippen LogP contribution in [0.3, 0.4) is 0 Å². The zero-order valence-corrected chi connectivity index (χ0v) is 6.45.